The van der Waals surface area contributed by atoms with E-state index in [-0.39, 0.29) is 24.7 Å². The number of urea groups is 1. The van der Waals surface area contributed by atoms with E-state index in [4.69, 9.17) is 10.5 Å². The Hall–Kier alpha value is -2.77. The zero-order chi connectivity index (χ0) is 20.5. The summed E-state index contributed by atoms with van der Waals surface area (Å²) in [5, 5.41) is 8.93. The van der Waals surface area contributed by atoms with Crippen molar-refractivity contribution >= 4 is 24.3 Å². The van der Waals surface area contributed by atoms with Crippen molar-refractivity contribution in [2.24, 2.45) is 11.7 Å². The normalized spacial score (nSPS) is 16.2. The van der Waals surface area contributed by atoms with E-state index in [1.807, 2.05) is 54.6 Å². The van der Waals surface area contributed by atoms with Crippen LogP contribution < -0.4 is 26.4 Å². The Balaban J connectivity index is 0.00000320. The molecule has 5 N–H and O–H groups in total. The van der Waals surface area contributed by atoms with E-state index in [0.717, 1.165) is 31.5 Å². The van der Waals surface area contributed by atoms with Crippen LogP contribution in [-0.2, 0) is 4.79 Å². The van der Waals surface area contributed by atoms with Gasteiger partial charge in [0, 0.05) is 6.54 Å². The number of para-hydroxylation sites is 1. The largest absolute Gasteiger partial charge is 0.457 e. The molecule has 1 aliphatic heterocycles. The van der Waals surface area contributed by atoms with Crippen LogP contribution in [0.25, 0.3) is 0 Å². The van der Waals surface area contributed by atoms with Crippen molar-refractivity contribution in [3.05, 3.63) is 60.2 Å². The predicted octanol–water partition coefficient (Wildman–Crippen LogP) is 3.12. The maximum absolute atomic E-state index is 12.4. The lowest BCUT2D eigenvalue weighted by molar-refractivity contribution is -0.121. The van der Waals surface area contributed by atoms with Crippen molar-refractivity contribution in [1.82, 2.24) is 16.0 Å². The molecule has 2 atom stereocenters. The van der Waals surface area contributed by atoms with Crippen LogP contribution in [0.15, 0.2) is 54.6 Å². The first-order valence-electron chi connectivity index (χ1n) is 9.96. The van der Waals surface area contributed by atoms with Crippen LogP contribution in [0, 0.1) is 5.92 Å². The van der Waals surface area contributed by atoms with E-state index < -0.39 is 12.1 Å². The van der Waals surface area contributed by atoms with Crippen LogP contribution in [0.4, 0.5) is 4.79 Å². The summed E-state index contributed by atoms with van der Waals surface area (Å²) in [5.41, 5.74) is 6.09. The van der Waals surface area contributed by atoms with Gasteiger partial charge in [-0.1, -0.05) is 30.3 Å². The number of carbonyl (C=O) groups excluding carboxylic acids is 2. The molecule has 2 aromatic rings. The fraction of sp³-hybridized carbons (Fsp3) is 0.364. The second-order valence-electron chi connectivity index (χ2n) is 7.25. The average molecular weight is 433 g/mol. The Labute approximate surface area is 183 Å². The third kappa shape index (κ3) is 7.57. The van der Waals surface area contributed by atoms with Crippen molar-refractivity contribution in [1.29, 1.82) is 0 Å². The topological polar surface area (TPSA) is 105 Å². The van der Waals surface area contributed by atoms with Gasteiger partial charge in [0.25, 0.3) is 0 Å². The summed E-state index contributed by atoms with van der Waals surface area (Å²) in [4.78, 5) is 23.9. The summed E-state index contributed by atoms with van der Waals surface area (Å²) in [6.45, 7) is 2.69. The second-order valence-corrected chi connectivity index (χ2v) is 7.25. The minimum Gasteiger partial charge on any atom is -0.457 e. The molecular formula is C22H29ClN4O3. The number of carbonyl (C=O) groups is 2. The molecule has 0 radical (unpaired) electrons. The summed E-state index contributed by atoms with van der Waals surface area (Å²) in [7, 11) is 0. The van der Waals surface area contributed by atoms with Crippen molar-refractivity contribution in [3.63, 3.8) is 0 Å². The van der Waals surface area contributed by atoms with E-state index in [9.17, 15) is 9.59 Å². The number of benzene rings is 2. The first-order chi connectivity index (χ1) is 14.1. The van der Waals surface area contributed by atoms with Crippen LogP contribution in [0.3, 0.4) is 0 Å². The van der Waals surface area contributed by atoms with Crippen LogP contribution >= 0.6 is 12.4 Å². The molecule has 1 heterocycles. The van der Waals surface area contributed by atoms with Gasteiger partial charge in [0.2, 0.25) is 5.91 Å². The number of hydrogen-bond donors (Lipinski definition) is 4. The maximum Gasteiger partial charge on any atom is 0.312 e. The number of amides is 3. The minimum atomic E-state index is -0.672. The molecule has 0 spiro atoms. The van der Waals surface area contributed by atoms with Gasteiger partial charge < -0.3 is 26.4 Å². The van der Waals surface area contributed by atoms with Gasteiger partial charge in [0.05, 0.1) is 12.5 Å². The van der Waals surface area contributed by atoms with Gasteiger partial charge in [-0.15, -0.1) is 12.4 Å². The summed E-state index contributed by atoms with van der Waals surface area (Å²) < 4.78 is 5.85. The molecule has 1 aliphatic rings. The quantitative estimate of drug-likeness (QED) is 0.488. The molecule has 162 valence electrons. The molecule has 7 nitrogen and oxygen atoms in total. The number of primary amides is 1. The summed E-state index contributed by atoms with van der Waals surface area (Å²) in [5.74, 6) is 1.83. The van der Waals surface area contributed by atoms with Crippen molar-refractivity contribution in [2.45, 2.75) is 25.3 Å². The van der Waals surface area contributed by atoms with E-state index in [1.165, 1.54) is 0 Å². The highest BCUT2D eigenvalue weighted by Gasteiger charge is 2.19. The molecule has 3 rings (SSSR count). The molecule has 0 bridgehead atoms. The summed E-state index contributed by atoms with van der Waals surface area (Å²) in [6, 6.07) is 15.5. The molecule has 1 fully saturated rings. The smallest absolute Gasteiger partial charge is 0.312 e. The number of hydrogen-bond acceptors (Lipinski definition) is 4. The first kappa shape index (κ1) is 23.5. The summed E-state index contributed by atoms with van der Waals surface area (Å²) in [6.07, 6.45) is 2.21. The van der Waals surface area contributed by atoms with Gasteiger partial charge >= 0.3 is 6.03 Å². The van der Waals surface area contributed by atoms with Gasteiger partial charge in [-0.05, 0) is 61.7 Å². The van der Waals surface area contributed by atoms with Crippen LogP contribution in [-0.4, -0.2) is 31.6 Å². The van der Waals surface area contributed by atoms with Crippen molar-refractivity contribution in [3.8, 4) is 11.5 Å². The van der Waals surface area contributed by atoms with Gasteiger partial charge in [0.15, 0.2) is 0 Å². The van der Waals surface area contributed by atoms with Crippen molar-refractivity contribution < 1.29 is 14.3 Å². The van der Waals surface area contributed by atoms with Crippen molar-refractivity contribution in [2.75, 3.05) is 19.6 Å². The Bertz CT molecular complexity index is 813. The fourth-order valence-electron chi connectivity index (χ4n) is 3.48. The Morgan fingerprint density at radius 3 is 2.60 bits per heavy atom. The molecule has 3 amide bonds. The Morgan fingerprint density at radius 2 is 1.90 bits per heavy atom. The molecule has 8 heteroatoms. The van der Waals surface area contributed by atoms with E-state index in [0.29, 0.717) is 24.0 Å². The van der Waals surface area contributed by atoms with Crippen LogP contribution in [0.5, 0.6) is 11.5 Å². The highest BCUT2D eigenvalue weighted by molar-refractivity contribution is 5.85. The maximum atomic E-state index is 12.4. The SMILES string of the molecule is Cl.NC(=O)NC(CC(=O)NCCC1CCNC1)c1cccc(Oc2ccccc2)c1. The molecule has 1 saturated heterocycles. The number of rotatable bonds is 9. The lowest BCUT2D eigenvalue weighted by Crippen LogP contribution is -2.37. The fourth-order valence-corrected chi connectivity index (χ4v) is 3.48. The van der Waals surface area contributed by atoms with Gasteiger partial charge in [-0.2, -0.15) is 0 Å². The highest BCUT2D eigenvalue weighted by Crippen LogP contribution is 2.26. The predicted molar refractivity (Wildman–Crippen MR) is 119 cm³/mol. The molecule has 0 saturated carbocycles. The highest BCUT2D eigenvalue weighted by atomic mass is 35.5. The second kappa shape index (κ2) is 12.0. The summed E-state index contributed by atoms with van der Waals surface area (Å²) >= 11 is 0. The van der Waals surface area contributed by atoms with Crippen LogP contribution in [0.1, 0.15) is 30.9 Å². The van der Waals surface area contributed by atoms with Crippen LogP contribution in [0.2, 0.25) is 0 Å². The number of halogens is 1. The molecule has 30 heavy (non-hydrogen) atoms. The van der Waals surface area contributed by atoms with E-state index in [1.54, 1.807) is 0 Å². The molecular weight excluding hydrogens is 404 g/mol. The molecule has 0 aliphatic carbocycles. The Kier molecular flexibility index (Phi) is 9.44. The first-order valence-corrected chi connectivity index (χ1v) is 9.96. The standard InChI is InChI=1S/C22H28N4O3.ClH/c23-22(28)26-20(14-21(27)25-12-10-16-9-11-24-15-16)17-5-4-8-19(13-17)29-18-6-2-1-3-7-18;/h1-8,13,16,20,24H,9-12,14-15H2,(H,25,27)(H3,23,26,28);1H. The Morgan fingerprint density at radius 1 is 1.13 bits per heavy atom. The monoisotopic (exact) mass is 432 g/mol. The minimum absolute atomic E-state index is 0. The molecule has 0 aromatic heterocycles. The lowest BCUT2D eigenvalue weighted by Gasteiger charge is -2.19. The lowest BCUT2D eigenvalue weighted by atomic mass is 10.0. The van der Waals surface area contributed by atoms with E-state index in [2.05, 4.69) is 16.0 Å². The number of nitrogens with one attached hydrogen (secondary N) is 3. The zero-order valence-corrected chi connectivity index (χ0v) is 17.6. The third-order valence-electron chi connectivity index (χ3n) is 4.98. The number of nitrogens with two attached hydrogens (primary N) is 1. The third-order valence-corrected chi connectivity index (χ3v) is 4.98. The average Bonchev–Trinajstić information content (AvgIpc) is 3.22. The van der Waals surface area contributed by atoms with Gasteiger partial charge in [-0.3, -0.25) is 4.79 Å². The molecule has 2 unspecified atom stereocenters. The van der Waals surface area contributed by atoms with E-state index >= 15 is 0 Å². The zero-order valence-electron chi connectivity index (χ0n) is 16.8. The number of ether oxygens (including phenoxy) is 1. The van der Waals surface area contributed by atoms with Gasteiger partial charge in [-0.25, -0.2) is 4.79 Å². The molecule has 2 aromatic carbocycles. The van der Waals surface area contributed by atoms with Gasteiger partial charge in [0.1, 0.15) is 11.5 Å².